The van der Waals surface area contributed by atoms with E-state index in [-0.39, 0.29) is 0 Å². The number of rotatable bonds is 2. The number of hydrogen-bond acceptors (Lipinski definition) is 3. The van der Waals surface area contributed by atoms with Crippen LogP contribution in [0.4, 0.5) is 4.79 Å². The van der Waals surface area contributed by atoms with Crippen molar-refractivity contribution in [2.75, 3.05) is 0 Å². The van der Waals surface area contributed by atoms with Gasteiger partial charge in [0.25, 0.3) is 0 Å². The lowest BCUT2D eigenvalue weighted by atomic mass is 10.2. The molecule has 1 N–H and O–H groups in total. The van der Waals surface area contributed by atoms with Crippen molar-refractivity contribution in [1.82, 2.24) is 5.43 Å². The Morgan fingerprint density at radius 2 is 2.08 bits per heavy atom. The van der Waals surface area contributed by atoms with Crippen molar-refractivity contribution in [3.63, 3.8) is 0 Å². The molecular weight excluding hydrogens is 168 g/mol. The monoisotopic (exact) mass is 184 g/mol. The summed E-state index contributed by atoms with van der Waals surface area (Å²) < 4.78 is 4.93. The molecular formula is C9H16N2O2. The third-order valence-electron chi connectivity index (χ3n) is 0.840. The van der Waals surface area contributed by atoms with Gasteiger partial charge < -0.3 is 4.74 Å². The second kappa shape index (κ2) is 4.64. The van der Waals surface area contributed by atoms with Crippen LogP contribution in [0.3, 0.4) is 0 Å². The van der Waals surface area contributed by atoms with Crippen LogP contribution in [-0.2, 0) is 4.74 Å². The zero-order chi connectivity index (χ0) is 10.5. The van der Waals surface area contributed by atoms with Gasteiger partial charge in [0, 0.05) is 6.21 Å². The zero-order valence-electron chi connectivity index (χ0n) is 8.55. The highest BCUT2D eigenvalue weighted by Gasteiger charge is 2.15. The Bertz CT molecular complexity index is 226. The Morgan fingerprint density at radius 1 is 1.54 bits per heavy atom. The van der Waals surface area contributed by atoms with Gasteiger partial charge in [0.2, 0.25) is 0 Å². The van der Waals surface area contributed by atoms with Crippen LogP contribution in [-0.4, -0.2) is 17.9 Å². The Labute approximate surface area is 78.7 Å². The molecule has 0 unspecified atom stereocenters. The minimum Gasteiger partial charge on any atom is -0.443 e. The first-order valence-electron chi connectivity index (χ1n) is 3.99. The molecule has 0 heterocycles. The molecule has 0 aliphatic carbocycles. The molecule has 0 aliphatic heterocycles. The first-order valence-corrected chi connectivity index (χ1v) is 3.99. The number of nitrogens with one attached hydrogen (secondary N) is 1. The van der Waals surface area contributed by atoms with E-state index in [0.717, 1.165) is 5.57 Å². The van der Waals surface area contributed by atoms with Crippen LogP contribution in [0.2, 0.25) is 0 Å². The van der Waals surface area contributed by atoms with Crippen LogP contribution < -0.4 is 5.43 Å². The molecule has 0 fully saturated rings. The minimum absolute atomic E-state index is 0.497. The maximum absolute atomic E-state index is 11.0. The van der Waals surface area contributed by atoms with Crippen LogP contribution in [0.5, 0.6) is 0 Å². The molecule has 0 aromatic heterocycles. The van der Waals surface area contributed by atoms with E-state index in [1.165, 1.54) is 6.21 Å². The van der Waals surface area contributed by atoms with Crippen LogP contribution in [0.15, 0.2) is 17.3 Å². The lowest BCUT2D eigenvalue weighted by Crippen LogP contribution is -2.29. The number of ether oxygens (including phenoxy) is 1. The van der Waals surface area contributed by atoms with Crippen LogP contribution in [0.1, 0.15) is 27.7 Å². The number of carbonyl (C=O) groups is 1. The topological polar surface area (TPSA) is 50.7 Å². The average molecular weight is 184 g/mol. The molecule has 1 amide bonds. The summed E-state index contributed by atoms with van der Waals surface area (Å²) in [7, 11) is 0. The van der Waals surface area contributed by atoms with Crippen molar-refractivity contribution in [1.29, 1.82) is 0 Å². The van der Waals surface area contributed by atoms with Crippen molar-refractivity contribution in [2.45, 2.75) is 33.3 Å². The summed E-state index contributed by atoms with van der Waals surface area (Å²) in [5.74, 6) is 0. The molecule has 0 aromatic rings. The molecule has 0 bridgehead atoms. The average Bonchev–Trinajstić information content (AvgIpc) is 1.81. The normalized spacial score (nSPS) is 11.4. The van der Waals surface area contributed by atoms with E-state index in [4.69, 9.17) is 4.74 Å². The fraction of sp³-hybridized carbons (Fsp3) is 0.556. The molecule has 4 heteroatoms. The fourth-order valence-corrected chi connectivity index (χ4v) is 0.496. The van der Waals surface area contributed by atoms with E-state index in [2.05, 4.69) is 17.1 Å². The molecule has 0 aromatic carbocycles. The van der Waals surface area contributed by atoms with Gasteiger partial charge in [0.1, 0.15) is 5.60 Å². The van der Waals surface area contributed by atoms with Gasteiger partial charge in [-0.25, -0.2) is 10.2 Å². The van der Waals surface area contributed by atoms with Crippen molar-refractivity contribution < 1.29 is 9.53 Å². The Hall–Kier alpha value is -1.32. The van der Waals surface area contributed by atoms with Crippen molar-refractivity contribution >= 4 is 12.3 Å². The number of hydrogen-bond donors (Lipinski definition) is 1. The first-order chi connectivity index (χ1) is 5.81. The van der Waals surface area contributed by atoms with Crippen molar-refractivity contribution in [3.05, 3.63) is 12.2 Å². The van der Waals surface area contributed by atoms with E-state index >= 15 is 0 Å². The largest absolute Gasteiger partial charge is 0.443 e. The summed E-state index contributed by atoms with van der Waals surface area (Å²) in [6.07, 6.45) is 0.884. The standard InChI is InChI=1S/C9H16N2O2/c1-7(2)6-10-11-8(12)13-9(3,4)5/h6H,1H2,2-5H3,(H,11,12)/b10-6+. The number of nitrogens with zero attached hydrogens (tertiary/aromatic N) is 1. The molecule has 0 saturated heterocycles. The Kier molecular flexibility index (Phi) is 4.17. The Morgan fingerprint density at radius 3 is 2.46 bits per heavy atom. The molecule has 13 heavy (non-hydrogen) atoms. The Balaban J connectivity index is 3.83. The van der Waals surface area contributed by atoms with Crippen molar-refractivity contribution in [2.24, 2.45) is 5.10 Å². The number of amides is 1. The molecule has 0 saturated carbocycles. The highest BCUT2D eigenvalue weighted by molar-refractivity contribution is 5.78. The maximum atomic E-state index is 11.0. The smallest absolute Gasteiger partial charge is 0.428 e. The van der Waals surface area contributed by atoms with Gasteiger partial charge in [0.15, 0.2) is 0 Å². The van der Waals surface area contributed by atoms with E-state index in [1.54, 1.807) is 27.7 Å². The minimum atomic E-state index is -0.565. The van der Waals surface area contributed by atoms with Crippen LogP contribution in [0, 0.1) is 0 Å². The third kappa shape index (κ3) is 8.59. The third-order valence-corrected chi connectivity index (χ3v) is 0.840. The molecule has 4 nitrogen and oxygen atoms in total. The fourth-order valence-electron chi connectivity index (χ4n) is 0.496. The van der Waals surface area contributed by atoms with Gasteiger partial charge in [-0.1, -0.05) is 6.58 Å². The predicted octanol–water partition coefficient (Wildman–Crippen LogP) is 2.07. The predicted molar refractivity (Wildman–Crippen MR) is 52.7 cm³/mol. The van der Waals surface area contributed by atoms with Gasteiger partial charge in [-0.3, -0.25) is 0 Å². The highest BCUT2D eigenvalue weighted by atomic mass is 16.6. The number of carbonyl (C=O) groups excluding carboxylic acids is 1. The van der Waals surface area contributed by atoms with E-state index < -0.39 is 11.7 Å². The van der Waals surface area contributed by atoms with E-state index in [0.29, 0.717) is 0 Å². The lowest BCUT2D eigenvalue weighted by Gasteiger charge is -2.18. The van der Waals surface area contributed by atoms with E-state index in [1.807, 2.05) is 0 Å². The summed E-state index contributed by atoms with van der Waals surface area (Å²) in [5.41, 5.74) is 2.48. The number of hydrazone groups is 1. The molecule has 74 valence electrons. The van der Waals surface area contributed by atoms with Gasteiger partial charge in [-0.2, -0.15) is 5.10 Å². The molecule has 0 spiro atoms. The summed E-state index contributed by atoms with van der Waals surface area (Å²) >= 11 is 0. The summed E-state index contributed by atoms with van der Waals surface area (Å²) in [5, 5.41) is 3.61. The molecule has 0 aliphatic rings. The second-order valence-electron chi connectivity index (χ2n) is 3.72. The first kappa shape index (κ1) is 11.7. The quantitative estimate of drug-likeness (QED) is 0.527. The summed E-state index contributed by atoms with van der Waals surface area (Å²) in [6.45, 7) is 10.7. The van der Waals surface area contributed by atoms with Gasteiger partial charge in [-0.05, 0) is 33.3 Å². The second-order valence-corrected chi connectivity index (χ2v) is 3.72. The molecule has 0 atom stereocenters. The van der Waals surface area contributed by atoms with Crippen LogP contribution >= 0.6 is 0 Å². The van der Waals surface area contributed by atoms with Gasteiger partial charge >= 0.3 is 6.09 Å². The van der Waals surface area contributed by atoms with Gasteiger partial charge in [0.05, 0.1) is 0 Å². The van der Waals surface area contributed by atoms with Crippen molar-refractivity contribution in [3.8, 4) is 0 Å². The molecule has 0 radical (unpaired) electrons. The van der Waals surface area contributed by atoms with E-state index in [9.17, 15) is 4.79 Å². The number of allylic oxidation sites excluding steroid dienone is 1. The van der Waals surface area contributed by atoms with Gasteiger partial charge in [-0.15, -0.1) is 0 Å². The maximum Gasteiger partial charge on any atom is 0.428 e. The SMILES string of the molecule is C=C(C)/C=N/NC(=O)OC(C)(C)C. The lowest BCUT2D eigenvalue weighted by molar-refractivity contribution is 0.0529. The van der Waals surface area contributed by atoms with Crippen LogP contribution in [0.25, 0.3) is 0 Å². The zero-order valence-corrected chi connectivity index (χ0v) is 8.55. The summed E-state index contributed by atoms with van der Waals surface area (Å²) in [4.78, 5) is 11.0. The summed E-state index contributed by atoms with van der Waals surface area (Å²) in [6, 6.07) is 0. The molecule has 0 rings (SSSR count). The highest BCUT2D eigenvalue weighted by Crippen LogP contribution is 2.05.